The number of hydrogen-bond acceptors (Lipinski definition) is 1. The minimum atomic E-state index is 1.32. The maximum atomic E-state index is 2.14. The highest BCUT2D eigenvalue weighted by atomic mass is 32.1. The van der Waals surface area contributed by atoms with Crippen molar-refractivity contribution in [3.8, 4) is 0 Å². The molecule has 0 radical (unpaired) electrons. The van der Waals surface area contributed by atoms with Crippen molar-refractivity contribution < 1.29 is 0 Å². The lowest BCUT2D eigenvalue weighted by molar-refractivity contribution is 1.71. The zero-order chi connectivity index (χ0) is 7.52. The summed E-state index contributed by atoms with van der Waals surface area (Å²) in [5.74, 6) is 0. The maximum absolute atomic E-state index is 2.14. The van der Waals surface area contributed by atoms with E-state index < -0.39 is 0 Å². The van der Waals surface area contributed by atoms with Crippen molar-refractivity contribution in [3.63, 3.8) is 0 Å². The summed E-state index contributed by atoms with van der Waals surface area (Å²) in [6.07, 6.45) is 12.5. The first-order valence-electron chi connectivity index (χ1n) is 3.56. The molecule has 1 aromatic rings. The van der Waals surface area contributed by atoms with Crippen LogP contribution in [0.1, 0.15) is 0 Å². The molecule has 1 heteroatoms. The van der Waals surface area contributed by atoms with Gasteiger partial charge in [-0.15, -0.1) is 11.3 Å². The Morgan fingerprint density at radius 2 is 1.73 bits per heavy atom. The molecule has 0 fully saturated rings. The summed E-state index contributed by atoms with van der Waals surface area (Å²) in [7, 11) is 0. The Balaban J connectivity index is 2.80. The second-order valence-corrected chi connectivity index (χ2v) is 3.29. The third-order valence-corrected chi connectivity index (χ3v) is 2.48. The first-order chi connectivity index (χ1) is 5.47. The molecular formula is C10H8S. The molecule has 0 atom stereocenters. The lowest BCUT2D eigenvalue weighted by Gasteiger charge is -1.80. The Bertz CT molecular complexity index is 366. The summed E-state index contributed by atoms with van der Waals surface area (Å²) >= 11 is 1.78. The van der Waals surface area contributed by atoms with Crippen molar-refractivity contribution in [2.24, 2.45) is 0 Å². The molecule has 0 unspecified atom stereocenters. The van der Waals surface area contributed by atoms with Gasteiger partial charge in [0.2, 0.25) is 0 Å². The minimum absolute atomic E-state index is 1.32. The van der Waals surface area contributed by atoms with Crippen LogP contribution in [0, 0.1) is 0 Å². The fraction of sp³-hybridized carbons (Fsp3) is 0. The second kappa shape index (κ2) is 2.89. The van der Waals surface area contributed by atoms with Crippen molar-refractivity contribution >= 4 is 23.5 Å². The fourth-order valence-electron chi connectivity index (χ4n) is 1.03. The molecule has 54 valence electrons. The summed E-state index contributed by atoms with van der Waals surface area (Å²) in [5.41, 5.74) is 0. The molecule has 1 aliphatic rings. The Morgan fingerprint density at radius 1 is 0.909 bits per heavy atom. The van der Waals surface area contributed by atoms with E-state index in [0.717, 1.165) is 0 Å². The Labute approximate surface area is 69.5 Å². The zero-order valence-electron chi connectivity index (χ0n) is 6.03. The van der Waals surface area contributed by atoms with Gasteiger partial charge in [0.1, 0.15) is 0 Å². The molecule has 0 spiro atoms. The summed E-state index contributed by atoms with van der Waals surface area (Å²) in [4.78, 5) is 0. The normalized spacial score (nSPS) is 20.2. The van der Waals surface area contributed by atoms with Gasteiger partial charge in [-0.25, -0.2) is 0 Å². The van der Waals surface area contributed by atoms with Crippen LogP contribution in [-0.2, 0) is 0 Å². The number of hydrogen-bond donors (Lipinski definition) is 0. The van der Waals surface area contributed by atoms with Gasteiger partial charge in [0, 0.05) is 4.53 Å². The van der Waals surface area contributed by atoms with Crippen LogP contribution in [-0.4, -0.2) is 0 Å². The number of rotatable bonds is 0. The monoisotopic (exact) mass is 160 g/mol. The van der Waals surface area contributed by atoms with Crippen molar-refractivity contribution in [2.45, 2.75) is 0 Å². The van der Waals surface area contributed by atoms with Crippen molar-refractivity contribution in [2.75, 3.05) is 0 Å². The van der Waals surface area contributed by atoms with E-state index in [-0.39, 0.29) is 0 Å². The van der Waals surface area contributed by atoms with E-state index >= 15 is 0 Å². The molecule has 0 aromatic carbocycles. The number of allylic oxidation sites excluding steroid dienone is 4. The summed E-state index contributed by atoms with van der Waals surface area (Å²) in [6, 6.07) is 2.14. The topological polar surface area (TPSA) is 0 Å². The van der Waals surface area contributed by atoms with E-state index in [0.29, 0.717) is 0 Å². The molecule has 0 amide bonds. The smallest absolute Gasteiger partial charge is 0.0342 e. The highest BCUT2D eigenvalue weighted by Crippen LogP contribution is 1.87. The summed E-state index contributed by atoms with van der Waals surface area (Å²) < 4.78 is 1.34. The van der Waals surface area contributed by atoms with Crippen LogP contribution in [0.25, 0.3) is 12.2 Å². The lowest BCUT2D eigenvalue weighted by Crippen LogP contribution is -2.16. The molecule has 11 heavy (non-hydrogen) atoms. The molecule has 0 saturated carbocycles. The van der Waals surface area contributed by atoms with E-state index in [4.69, 9.17) is 0 Å². The fourth-order valence-corrected chi connectivity index (χ4v) is 1.83. The Hall–Kier alpha value is -1.08. The Kier molecular flexibility index (Phi) is 1.74. The van der Waals surface area contributed by atoms with Crippen molar-refractivity contribution in [1.29, 1.82) is 0 Å². The molecule has 0 bridgehead atoms. The largest absolute Gasteiger partial charge is 0.144 e. The summed E-state index contributed by atoms with van der Waals surface area (Å²) in [6.45, 7) is 0. The van der Waals surface area contributed by atoms with Crippen molar-refractivity contribution in [1.82, 2.24) is 0 Å². The molecule has 1 heterocycles. The van der Waals surface area contributed by atoms with Gasteiger partial charge in [-0.05, 0) is 22.7 Å². The lowest BCUT2D eigenvalue weighted by atomic mass is 10.3. The van der Waals surface area contributed by atoms with Crippen molar-refractivity contribution in [3.05, 3.63) is 45.5 Å². The summed E-state index contributed by atoms with van der Waals surface area (Å²) in [5, 5.41) is 3.43. The number of fused-ring (bicyclic) bond motifs is 1. The molecule has 1 aromatic heterocycles. The van der Waals surface area contributed by atoms with Gasteiger partial charge in [0.05, 0.1) is 0 Å². The predicted molar refractivity (Wildman–Crippen MR) is 50.8 cm³/mol. The molecule has 2 rings (SSSR count). The van der Waals surface area contributed by atoms with Crippen LogP contribution in [0.15, 0.2) is 35.8 Å². The molecule has 1 aliphatic carbocycles. The minimum Gasteiger partial charge on any atom is -0.144 e. The average Bonchev–Trinajstić information content (AvgIpc) is 2.35. The van der Waals surface area contributed by atoms with Gasteiger partial charge in [-0.1, -0.05) is 30.4 Å². The van der Waals surface area contributed by atoms with Crippen LogP contribution in [0.5, 0.6) is 0 Å². The third kappa shape index (κ3) is 1.33. The SMILES string of the molecule is C1=C/C=C/C=c2/sccc2=C1. The quantitative estimate of drug-likeness (QED) is 0.538. The van der Waals surface area contributed by atoms with Gasteiger partial charge >= 0.3 is 0 Å². The van der Waals surface area contributed by atoms with E-state index in [9.17, 15) is 0 Å². The second-order valence-electron chi connectivity index (χ2n) is 2.34. The molecule has 0 saturated heterocycles. The van der Waals surface area contributed by atoms with Gasteiger partial charge < -0.3 is 0 Å². The standard InChI is InChI=1S/C10H8S/c1-2-4-6-10-9(5-3-1)7-8-11-10/h1-8H/b2-1?,3-1?,4-2+,5-3?,6-4?,9-5?,10-6+. The Morgan fingerprint density at radius 3 is 2.64 bits per heavy atom. The third-order valence-electron chi connectivity index (χ3n) is 1.58. The maximum Gasteiger partial charge on any atom is 0.0342 e. The highest BCUT2D eigenvalue weighted by Gasteiger charge is 1.84. The number of thiophene rings is 1. The van der Waals surface area contributed by atoms with Gasteiger partial charge in [0.25, 0.3) is 0 Å². The van der Waals surface area contributed by atoms with E-state index in [1.165, 1.54) is 9.75 Å². The first kappa shape index (κ1) is 6.62. The van der Waals surface area contributed by atoms with E-state index in [2.05, 4.69) is 35.8 Å². The molecule has 0 N–H and O–H groups in total. The zero-order valence-corrected chi connectivity index (χ0v) is 6.84. The van der Waals surface area contributed by atoms with Gasteiger partial charge in [-0.3, -0.25) is 0 Å². The highest BCUT2D eigenvalue weighted by molar-refractivity contribution is 7.07. The van der Waals surface area contributed by atoms with Crippen LogP contribution in [0.2, 0.25) is 0 Å². The van der Waals surface area contributed by atoms with E-state index in [1.54, 1.807) is 11.3 Å². The van der Waals surface area contributed by atoms with Gasteiger partial charge in [-0.2, -0.15) is 0 Å². The average molecular weight is 160 g/mol. The van der Waals surface area contributed by atoms with Gasteiger partial charge in [0.15, 0.2) is 0 Å². The van der Waals surface area contributed by atoms with E-state index in [1.807, 2.05) is 12.2 Å². The first-order valence-corrected chi connectivity index (χ1v) is 4.44. The predicted octanol–water partition coefficient (Wildman–Crippen LogP) is 1.44. The molecule has 0 aliphatic heterocycles. The van der Waals surface area contributed by atoms with Crippen LogP contribution in [0.3, 0.4) is 0 Å². The molecule has 0 nitrogen and oxygen atoms in total. The van der Waals surface area contributed by atoms with Crippen LogP contribution >= 0.6 is 11.3 Å². The molecular weight excluding hydrogens is 152 g/mol. The van der Waals surface area contributed by atoms with Crippen LogP contribution < -0.4 is 9.75 Å². The van der Waals surface area contributed by atoms with Crippen LogP contribution in [0.4, 0.5) is 0 Å².